The van der Waals surface area contributed by atoms with Gasteiger partial charge in [0.25, 0.3) is 5.91 Å². The Labute approximate surface area is 172 Å². The SMILES string of the molecule is CCCCCCCOc1ccc(C(=O)NC(=S)N2CCc3ccccc32)cc1. The van der Waals surface area contributed by atoms with Crippen LogP contribution in [-0.4, -0.2) is 24.2 Å². The van der Waals surface area contributed by atoms with Crippen LogP contribution in [0.3, 0.4) is 0 Å². The molecular formula is C23H28N2O2S. The van der Waals surface area contributed by atoms with Crippen molar-refractivity contribution in [2.24, 2.45) is 0 Å². The van der Waals surface area contributed by atoms with Gasteiger partial charge in [-0.3, -0.25) is 10.1 Å². The molecule has 1 aliphatic heterocycles. The van der Waals surface area contributed by atoms with E-state index >= 15 is 0 Å². The molecule has 4 nitrogen and oxygen atoms in total. The van der Waals surface area contributed by atoms with E-state index in [1.165, 1.54) is 31.2 Å². The van der Waals surface area contributed by atoms with Crippen molar-refractivity contribution in [3.63, 3.8) is 0 Å². The van der Waals surface area contributed by atoms with Crippen LogP contribution in [0.4, 0.5) is 5.69 Å². The summed E-state index contributed by atoms with van der Waals surface area (Å²) >= 11 is 5.46. The summed E-state index contributed by atoms with van der Waals surface area (Å²) in [4.78, 5) is 14.5. The number of unbranched alkanes of at least 4 members (excludes halogenated alkanes) is 4. The number of benzene rings is 2. The second-order valence-corrected chi connectivity index (χ2v) is 7.46. The van der Waals surface area contributed by atoms with Gasteiger partial charge in [0.05, 0.1) is 6.61 Å². The van der Waals surface area contributed by atoms with Crippen molar-refractivity contribution in [1.82, 2.24) is 5.32 Å². The molecule has 0 fully saturated rings. The van der Waals surface area contributed by atoms with E-state index in [9.17, 15) is 4.79 Å². The van der Waals surface area contributed by atoms with Gasteiger partial charge in [-0.05, 0) is 61.0 Å². The minimum absolute atomic E-state index is 0.194. The van der Waals surface area contributed by atoms with E-state index in [1.54, 1.807) is 12.1 Å². The van der Waals surface area contributed by atoms with Crippen molar-refractivity contribution in [3.05, 3.63) is 59.7 Å². The highest BCUT2D eigenvalue weighted by Gasteiger charge is 2.23. The van der Waals surface area contributed by atoms with Crippen LogP contribution in [-0.2, 0) is 6.42 Å². The molecule has 0 spiro atoms. The molecule has 5 heteroatoms. The number of carbonyl (C=O) groups is 1. The highest BCUT2D eigenvalue weighted by Crippen LogP contribution is 2.27. The summed E-state index contributed by atoms with van der Waals surface area (Å²) in [5.74, 6) is 0.601. The number of hydrogen-bond acceptors (Lipinski definition) is 3. The predicted molar refractivity (Wildman–Crippen MR) is 118 cm³/mol. The fourth-order valence-electron chi connectivity index (χ4n) is 3.38. The van der Waals surface area contributed by atoms with Crippen LogP contribution < -0.4 is 15.0 Å². The lowest BCUT2D eigenvalue weighted by atomic mass is 10.2. The van der Waals surface area contributed by atoms with Crippen molar-refractivity contribution >= 4 is 28.9 Å². The second kappa shape index (κ2) is 10.2. The zero-order chi connectivity index (χ0) is 19.8. The first-order chi connectivity index (χ1) is 13.7. The first kappa shape index (κ1) is 20.3. The molecule has 148 valence electrons. The van der Waals surface area contributed by atoms with Gasteiger partial charge in [0.15, 0.2) is 5.11 Å². The lowest BCUT2D eigenvalue weighted by Gasteiger charge is -2.20. The van der Waals surface area contributed by atoms with Crippen LogP contribution in [0, 0.1) is 0 Å². The Balaban J connectivity index is 1.48. The zero-order valence-electron chi connectivity index (χ0n) is 16.4. The summed E-state index contributed by atoms with van der Waals surface area (Å²) < 4.78 is 5.76. The lowest BCUT2D eigenvalue weighted by Crippen LogP contribution is -2.41. The second-order valence-electron chi connectivity index (χ2n) is 7.08. The molecule has 1 heterocycles. The van der Waals surface area contributed by atoms with Gasteiger partial charge < -0.3 is 9.64 Å². The molecule has 0 atom stereocenters. The topological polar surface area (TPSA) is 41.6 Å². The highest BCUT2D eigenvalue weighted by atomic mass is 32.1. The van der Waals surface area contributed by atoms with Crippen molar-refractivity contribution in [1.29, 1.82) is 0 Å². The molecule has 2 aromatic rings. The maximum absolute atomic E-state index is 12.5. The van der Waals surface area contributed by atoms with Crippen LogP contribution in [0.1, 0.15) is 54.9 Å². The molecule has 28 heavy (non-hydrogen) atoms. The van der Waals surface area contributed by atoms with E-state index in [1.807, 2.05) is 35.2 Å². The van der Waals surface area contributed by atoms with Crippen LogP contribution in [0.25, 0.3) is 0 Å². The molecule has 0 unspecified atom stereocenters. The third kappa shape index (κ3) is 5.32. The van der Waals surface area contributed by atoms with Gasteiger partial charge in [0.1, 0.15) is 5.75 Å². The molecule has 0 aromatic heterocycles. The Hall–Kier alpha value is -2.40. The molecular weight excluding hydrogens is 368 g/mol. The minimum Gasteiger partial charge on any atom is -0.494 e. The normalized spacial score (nSPS) is 12.5. The van der Waals surface area contributed by atoms with Crippen molar-refractivity contribution < 1.29 is 9.53 Å². The van der Waals surface area contributed by atoms with E-state index < -0.39 is 0 Å². The third-order valence-corrected chi connectivity index (χ3v) is 5.31. The Morgan fingerprint density at radius 3 is 2.61 bits per heavy atom. The Kier molecular flexibility index (Phi) is 7.43. The van der Waals surface area contributed by atoms with Gasteiger partial charge in [0, 0.05) is 17.8 Å². The molecule has 0 aliphatic carbocycles. The third-order valence-electron chi connectivity index (χ3n) is 4.99. The van der Waals surface area contributed by atoms with Gasteiger partial charge in [0.2, 0.25) is 0 Å². The number of para-hydroxylation sites is 1. The van der Waals surface area contributed by atoms with Gasteiger partial charge in [-0.2, -0.15) is 0 Å². The monoisotopic (exact) mass is 396 g/mol. The number of hydrogen-bond donors (Lipinski definition) is 1. The Morgan fingerprint density at radius 1 is 1.07 bits per heavy atom. The number of amides is 1. The summed E-state index contributed by atoms with van der Waals surface area (Å²) in [6, 6.07) is 15.4. The van der Waals surface area contributed by atoms with Gasteiger partial charge in [-0.15, -0.1) is 0 Å². The largest absolute Gasteiger partial charge is 0.494 e. The summed E-state index contributed by atoms with van der Waals surface area (Å²) in [5, 5.41) is 3.29. The van der Waals surface area contributed by atoms with Crippen molar-refractivity contribution in [3.8, 4) is 5.75 Å². The van der Waals surface area contributed by atoms with E-state index in [4.69, 9.17) is 17.0 Å². The average Bonchev–Trinajstić information content (AvgIpc) is 3.15. The Morgan fingerprint density at radius 2 is 1.82 bits per heavy atom. The van der Waals surface area contributed by atoms with Gasteiger partial charge >= 0.3 is 0 Å². The molecule has 0 radical (unpaired) electrons. The summed E-state index contributed by atoms with van der Waals surface area (Å²) in [6.45, 7) is 3.72. The van der Waals surface area contributed by atoms with E-state index in [0.29, 0.717) is 17.3 Å². The first-order valence-corrected chi connectivity index (χ1v) is 10.5. The van der Waals surface area contributed by atoms with Crippen LogP contribution in [0.5, 0.6) is 5.75 Å². The number of anilines is 1. The summed E-state index contributed by atoms with van der Waals surface area (Å²) in [6.07, 6.45) is 7.00. The first-order valence-electron chi connectivity index (χ1n) is 10.1. The quantitative estimate of drug-likeness (QED) is 0.497. The molecule has 0 saturated heterocycles. The molecule has 2 aromatic carbocycles. The number of fused-ring (bicyclic) bond motifs is 1. The van der Waals surface area contributed by atoms with E-state index in [2.05, 4.69) is 18.3 Å². The number of rotatable bonds is 8. The fourth-order valence-corrected chi connectivity index (χ4v) is 3.67. The molecule has 0 saturated carbocycles. The smallest absolute Gasteiger partial charge is 0.257 e. The van der Waals surface area contributed by atoms with Crippen LogP contribution >= 0.6 is 12.2 Å². The van der Waals surface area contributed by atoms with E-state index in [0.717, 1.165) is 30.8 Å². The number of nitrogens with one attached hydrogen (secondary N) is 1. The predicted octanol–water partition coefficient (Wildman–Crippen LogP) is 5.11. The van der Waals surface area contributed by atoms with Crippen LogP contribution in [0.2, 0.25) is 0 Å². The maximum Gasteiger partial charge on any atom is 0.257 e. The highest BCUT2D eigenvalue weighted by molar-refractivity contribution is 7.80. The van der Waals surface area contributed by atoms with Gasteiger partial charge in [-0.25, -0.2) is 0 Å². The fraction of sp³-hybridized carbons (Fsp3) is 0.391. The van der Waals surface area contributed by atoms with Crippen LogP contribution in [0.15, 0.2) is 48.5 Å². The standard InChI is InChI=1S/C23H28N2O2S/c1-2-3-4-5-8-17-27-20-13-11-19(12-14-20)22(26)24-23(28)25-16-15-18-9-6-7-10-21(18)25/h6-7,9-14H,2-5,8,15-17H2,1H3,(H,24,26,28). The summed E-state index contributed by atoms with van der Waals surface area (Å²) in [7, 11) is 0. The van der Waals surface area contributed by atoms with Crippen molar-refractivity contribution in [2.75, 3.05) is 18.1 Å². The molecule has 1 aliphatic rings. The lowest BCUT2D eigenvalue weighted by molar-refractivity contribution is 0.0977. The Bertz CT molecular complexity index is 805. The molecule has 3 rings (SSSR count). The number of ether oxygens (including phenoxy) is 1. The summed E-state index contributed by atoms with van der Waals surface area (Å²) in [5.41, 5.74) is 2.91. The molecule has 1 N–H and O–H groups in total. The number of thiocarbonyl (C=S) groups is 1. The van der Waals surface area contributed by atoms with E-state index in [-0.39, 0.29) is 5.91 Å². The zero-order valence-corrected chi connectivity index (χ0v) is 17.3. The minimum atomic E-state index is -0.194. The van der Waals surface area contributed by atoms with Gasteiger partial charge in [-0.1, -0.05) is 50.8 Å². The molecule has 1 amide bonds. The number of carbonyl (C=O) groups excluding carboxylic acids is 1. The average molecular weight is 397 g/mol. The molecule has 0 bridgehead atoms. The number of nitrogens with zero attached hydrogens (tertiary/aromatic N) is 1. The van der Waals surface area contributed by atoms with Crippen molar-refractivity contribution in [2.45, 2.75) is 45.4 Å². The maximum atomic E-state index is 12.5.